The Hall–Kier alpha value is -1.69. The molecule has 0 fully saturated rings. The lowest BCUT2D eigenvalue weighted by molar-refractivity contribution is -0.0493. The molecule has 0 aliphatic heterocycles. The third-order valence-electron chi connectivity index (χ3n) is 1.76. The van der Waals surface area contributed by atoms with Crippen LogP contribution < -0.4 is 15.4 Å². The van der Waals surface area contributed by atoms with Crippen molar-refractivity contribution in [2.24, 2.45) is 0 Å². The molecular weight excluding hydrogens is 246 g/mol. The highest BCUT2D eigenvalue weighted by atomic mass is 32.1. The minimum absolute atomic E-state index is 0.0465. The number of benzene rings is 1. The predicted molar refractivity (Wildman–Crippen MR) is 67.5 cm³/mol. The first kappa shape index (κ1) is 13.4. The summed E-state index contributed by atoms with van der Waals surface area (Å²) in [5.41, 5.74) is 0.384. The van der Waals surface area contributed by atoms with Crippen molar-refractivity contribution in [3.05, 3.63) is 36.9 Å². The molecule has 1 aromatic rings. The van der Waals surface area contributed by atoms with Crippen LogP contribution in [0.2, 0.25) is 0 Å². The SMILES string of the molecule is C=CCNC(=S)Nc1ccccc1OC(F)F. The molecule has 0 aliphatic carbocycles. The quantitative estimate of drug-likeness (QED) is 0.628. The van der Waals surface area contributed by atoms with Crippen molar-refractivity contribution in [1.29, 1.82) is 0 Å². The van der Waals surface area contributed by atoms with Gasteiger partial charge in [-0.2, -0.15) is 8.78 Å². The highest BCUT2D eigenvalue weighted by Gasteiger charge is 2.09. The summed E-state index contributed by atoms with van der Waals surface area (Å²) in [7, 11) is 0. The Balaban J connectivity index is 2.69. The van der Waals surface area contributed by atoms with Crippen molar-refractivity contribution >= 4 is 23.0 Å². The van der Waals surface area contributed by atoms with Gasteiger partial charge >= 0.3 is 6.61 Å². The van der Waals surface area contributed by atoms with Crippen LogP contribution in [0.4, 0.5) is 14.5 Å². The molecule has 1 rings (SSSR count). The van der Waals surface area contributed by atoms with Gasteiger partial charge in [0, 0.05) is 6.54 Å². The van der Waals surface area contributed by atoms with Crippen molar-refractivity contribution in [2.75, 3.05) is 11.9 Å². The van der Waals surface area contributed by atoms with Gasteiger partial charge in [0.05, 0.1) is 5.69 Å². The molecule has 17 heavy (non-hydrogen) atoms. The zero-order valence-electron chi connectivity index (χ0n) is 8.95. The van der Waals surface area contributed by atoms with E-state index in [2.05, 4.69) is 21.9 Å². The number of anilines is 1. The Morgan fingerprint density at radius 3 is 2.82 bits per heavy atom. The lowest BCUT2D eigenvalue weighted by Crippen LogP contribution is -2.28. The molecule has 3 nitrogen and oxygen atoms in total. The van der Waals surface area contributed by atoms with Gasteiger partial charge in [0.15, 0.2) is 5.11 Å². The average Bonchev–Trinajstić information content (AvgIpc) is 2.28. The molecule has 0 bridgehead atoms. The fourth-order valence-electron chi connectivity index (χ4n) is 1.10. The third kappa shape index (κ3) is 4.78. The summed E-state index contributed by atoms with van der Waals surface area (Å²) in [4.78, 5) is 0. The molecule has 6 heteroatoms. The Morgan fingerprint density at radius 2 is 2.18 bits per heavy atom. The number of alkyl halides is 2. The summed E-state index contributed by atoms with van der Waals surface area (Å²) in [5, 5.41) is 5.90. The number of hydrogen-bond acceptors (Lipinski definition) is 2. The molecule has 0 aromatic heterocycles. The van der Waals surface area contributed by atoms with Gasteiger partial charge in [0.2, 0.25) is 0 Å². The van der Waals surface area contributed by atoms with Gasteiger partial charge < -0.3 is 15.4 Å². The molecule has 1 aromatic carbocycles. The fourth-order valence-corrected chi connectivity index (χ4v) is 1.29. The maximum Gasteiger partial charge on any atom is 0.387 e. The minimum Gasteiger partial charge on any atom is -0.433 e. The minimum atomic E-state index is -2.87. The molecule has 0 spiro atoms. The summed E-state index contributed by atoms with van der Waals surface area (Å²) in [6, 6.07) is 6.32. The van der Waals surface area contributed by atoms with Gasteiger partial charge in [0.1, 0.15) is 5.75 Å². The number of rotatable bonds is 5. The molecule has 0 amide bonds. The Bertz CT molecular complexity index is 399. The molecule has 0 saturated heterocycles. The first-order valence-corrected chi connectivity index (χ1v) is 5.24. The fraction of sp³-hybridized carbons (Fsp3) is 0.182. The Kier molecular flexibility index (Phi) is 5.35. The average molecular weight is 258 g/mol. The van der Waals surface area contributed by atoms with Crippen molar-refractivity contribution < 1.29 is 13.5 Å². The van der Waals surface area contributed by atoms with E-state index in [0.717, 1.165) is 0 Å². The molecule has 0 radical (unpaired) electrons. The van der Waals surface area contributed by atoms with Gasteiger partial charge in [-0.15, -0.1) is 6.58 Å². The van der Waals surface area contributed by atoms with Gasteiger partial charge in [-0.05, 0) is 24.4 Å². The monoisotopic (exact) mass is 258 g/mol. The second-order valence-corrected chi connectivity index (χ2v) is 3.41. The van der Waals surface area contributed by atoms with Crippen LogP contribution in [-0.2, 0) is 0 Å². The number of nitrogens with one attached hydrogen (secondary N) is 2. The second kappa shape index (κ2) is 6.80. The highest BCUT2D eigenvalue weighted by Crippen LogP contribution is 2.25. The van der Waals surface area contributed by atoms with Crippen LogP contribution in [0.5, 0.6) is 5.75 Å². The van der Waals surface area contributed by atoms with Crippen LogP contribution in [0.1, 0.15) is 0 Å². The van der Waals surface area contributed by atoms with Crippen LogP contribution in [-0.4, -0.2) is 18.3 Å². The second-order valence-electron chi connectivity index (χ2n) is 3.00. The van der Waals surface area contributed by atoms with Gasteiger partial charge in [-0.3, -0.25) is 0 Å². The summed E-state index contributed by atoms with van der Waals surface area (Å²) in [6.07, 6.45) is 1.63. The molecule has 2 N–H and O–H groups in total. The van der Waals surface area contributed by atoms with E-state index in [9.17, 15) is 8.78 Å². The maximum absolute atomic E-state index is 12.1. The number of ether oxygens (including phenoxy) is 1. The molecule has 92 valence electrons. The number of para-hydroxylation sites is 2. The topological polar surface area (TPSA) is 33.3 Å². The van der Waals surface area contributed by atoms with E-state index in [0.29, 0.717) is 17.3 Å². The lowest BCUT2D eigenvalue weighted by atomic mass is 10.3. The largest absolute Gasteiger partial charge is 0.433 e. The Morgan fingerprint density at radius 1 is 1.47 bits per heavy atom. The zero-order chi connectivity index (χ0) is 12.7. The van der Waals surface area contributed by atoms with E-state index < -0.39 is 6.61 Å². The van der Waals surface area contributed by atoms with Crippen LogP contribution in [0.15, 0.2) is 36.9 Å². The highest BCUT2D eigenvalue weighted by molar-refractivity contribution is 7.80. The van der Waals surface area contributed by atoms with Crippen LogP contribution in [0.3, 0.4) is 0 Å². The number of thiocarbonyl (C=S) groups is 1. The molecule has 0 saturated carbocycles. The molecule has 0 unspecified atom stereocenters. The third-order valence-corrected chi connectivity index (χ3v) is 2.00. The molecule has 0 atom stereocenters. The number of hydrogen-bond donors (Lipinski definition) is 2. The van der Waals surface area contributed by atoms with Crippen LogP contribution in [0.25, 0.3) is 0 Å². The van der Waals surface area contributed by atoms with E-state index >= 15 is 0 Å². The summed E-state index contributed by atoms with van der Waals surface area (Å²) in [5.74, 6) is 0.0465. The predicted octanol–water partition coefficient (Wildman–Crippen LogP) is 2.76. The molecule has 0 heterocycles. The van der Waals surface area contributed by atoms with Crippen molar-refractivity contribution in [1.82, 2.24) is 5.32 Å². The Labute approximate surface area is 103 Å². The van der Waals surface area contributed by atoms with E-state index in [-0.39, 0.29) is 5.75 Å². The standard InChI is InChI=1S/C11H12F2N2OS/c1-2-7-14-11(17)15-8-5-3-4-6-9(8)16-10(12)13/h2-6,10H,1,7H2,(H2,14,15,17). The van der Waals surface area contributed by atoms with Crippen molar-refractivity contribution in [3.63, 3.8) is 0 Å². The maximum atomic E-state index is 12.1. The van der Waals surface area contributed by atoms with E-state index in [1.54, 1.807) is 24.3 Å². The van der Waals surface area contributed by atoms with Gasteiger partial charge in [-0.1, -0.05) is 18.2 Å². The lowest BCUT2D eigenvalue weighted by Gasteiger charge is -2.13. The number of halogens is 2. The van der Waals surface area contributed by atoms with E-state index in [1.807, 2.05) is 0 Å². The van der Waals surface area contributed by atoms with Gasteiger partial charge in [-0.25, -0.2) is 0 Å². The molecular formula is C11H12F2N2OS. The first-order valence-electron chi connectivity index (χ1n) is 4.83. The van der Waals surface area contributed by atoms with Crippen molar-refractivity contribution in [2.45, 2.75) is 6.61 Å². The summed E-state index contributed by atoms with van der Waals surface area (Å²) >= 11 is 4.96. The van der Waals surface area contributed by atoms with E-state index in [1.165, 1.54) is 6.07 Å². The zero-order valence-corrected chi connectivity index (χ0v) is 9.77. The van der Waals surface area contributed by atoms with Crippen molar-refractivity contribution in [3.8, 4) is 5.75 Å². The van der Waals surface area contributed by atoms with Crippen LogP contribution >= 0.6 is 12.2 Å². The van der Waals surface area contributed by atoms with E-state index in [4.69, 9.17) is 12.2 Å². The normalized spacial score (nSPS) is 9.82. The smallest absolute Gasteiger partial charge is 0.387 e. The summed E-state index contributed by atoms with van der Waals surface area (Å²) in [6.45, 7) is 1.14. The summed E-state index contributed by atoms with van der Waals surface area (Å²) < 4.78 is 28.6. The molecule has 0 aliphatic rings. The first-order chi connectivity index (χ1) is 8.13. The van der Waals surface area contributed by atoms with Crippen LogP contribution in [0, 0.1) is 0 Å². The van der Waals surface area contributed by atoms with Gasteiger partial charge in [0.25, 0.3) is 0 Å².